The molecule has 26 heavy (non-hydrogen) atoms. The number of hydrogen-bond donors (Lipinski definition) is 0. The number of hydrogen-bond acceptors (Lipinski definition) is 3. The van der Waals surface area contributed by atoms with E-state index in [4.69, 9.17) is 4.74 Å². The topological polar surface area (TPSA) is 37.7 Å². The summed E-state index contributed by atoms with van der Waals surface area (Å²) < 4.78 is 36.9. The van der Waals surface area contributed by atoms with Gasteiger partial charge in [-0.15, -0.1) is 0 Å². The second kappa shape index (κ2) is 6.17. The van der Waals surface area contributed by atoms with Crippen LogP contribution in [0.25, 0.3) is 0 Å². The molecule has 3 heterocycles. The average molecular weight is 361 g/mol. The van der Waals surface area contributed by atoms with E-state index in [0.29, 0.717) is 19.8 Å². The highest BCUT2D eigenvalue weighted by Gasteiger charge is 2.49. The van der Waals surface area contributed by atoms with Gasteiger partial charge in [0.05, 0.1) is 13.2 Å². The highest BCUT2D eigenvalue weighted by atomic mass is 19.1. The van der Waals surface area contributed by atoms with Gasteiger partial charge in [-0.2, -0.15) is 0 Å². The molecule has 1 spiro atoms. The third-order valence-electron chi connectivity index (χ3n) is 5.35. The first-order valence-electron chi connectivity index (χ1n) is 8.60. The molecule has 1 amide bonds. The smallest absolute Gasteiger partial charge is 0.253 e. The number of carbonyl (C=O) groups excluding carboxylic acids is 1. The molecule has 1 fully saturated rings. The maximum absolute atomic E-state index is 14.6. The van der Waals surface area contributed by atoms with Gasteiger partial charge in [0, 0.05) is 56.7 Å². The summed E-state index contributed by atoms with van der Waals surface area (Å²) in [7, 11) is 3.10. The van der Waals surface area contributed by atoms with Gasteiger partial charge in [0.2, 0.25) is 0 Å². The van der Waals surface area contributed by atoms with Crippen molar-refractivity contribution >= 4 is 5.91 Å². The summed E-state index contributed by atoms with van der Waals surface area (Å²) in [5.74, 6) is -1.80. The molecule has 4 rings (SSSR count). The molecule has 5 nitrogen and oxygen atoms in total. The van der Waals surface area contributed by atoms with Crippen LogP contribution < -0.4 is 0 Å². The first-order valence-corrected chi connectivity index (χ1v) is 8.60. The molecule has 0 radical (unpaired) electrons. The van der Waals surface area contributed by atoms with Crippen molar-refractivity contribution in [1.82, 2.24) is 14.4 Å². The number of halogens is 2. The molecule has 138 valence electrons. The van der Waals surface area contributed by atoms with E-state index in [1.165, 1.54) is 4.90 Å². The van der Waals surface area contributed by atoms with Crippen molar-refractivity contribution < 1.29 is 18.3 Å². The standard InChI is InChI=1S/C19H21F2N3O2/c1-22(2)18(25)13-8-15(20)14(16(21)9-13)10-24-7-6-23-5-3-4-17(23)19(24)11-26-12-19/h3-5,8-9H,6-7,10-12H2,1-2H3. The van der Waals surface area contributed by atoms with E-state index >= 15 is 0 Å². The van der Waals surface area contributed by atoms with Gasteiger partial charge in [-0.1, -0.05) is 0 Å². The monoisotopic (exact) mass is 361 g/mol. The number of fused-ring (bicyclic) bond motifs is 2. The normalized spacial score (nSPS) is 18.5. The summed E-state index contributed by atoms with van der Waals surface area (Å²) in [5.41, 5.74) is 0.795. The third-order valence-corrected chi connectivity index (χ3v) is 5.35. The molecule has 0 bridgehead atoms. The van der Waals surface area contributed by atoms with Crippen LogP contribution in [0.4, 0.5) is 8.78 Å². The minimum atomic E-state index is -0.688. The summed E-state index contributed by atoms with van der Waals surface area (Å²) in [6.45, 7) is 2.62. The van der Waals surface area contributed by atoms with Crippen molar-refractivity contribution in [3.05, 3.63) is 58.9 Å². The Labute approximate surface area is 150 Å². The fraction of sp³-hybridized carbons (Fsp3) is 0.421. The molecule has 1 aromatic heterocycles. The van der Waals surface area contributed by atoms with Crippen LogP contribution >= 0.6 is 0 Å². The number of nitrogens with zero attached hydrogens (tertiary/aromatic N) is 3. The minimum absolute atomic E-state index is 0.00779. The summed E-state index contributed by atoms with van der Waals surface area (Å²) in [5, 5.41) is 0. The number of aromatic nitrogens is 1. The Kier molecular flexibility index (Phi) is 4.08. The quantitative estimate of drug-likeness (QED) is 0.841. The van der Waals surface area contributed by atoms with Gasteiger partial charge in [0.25, 0.3) is 5.91 Å². The largest absolute Gasteiger partial charge is 0.377 e. The molecule has 0 saturated carbocycles. The Bertz CT molecular complexity index is 835. The summed E-state index contributed by atoms with van der Waals surface area (Å²) in [6, 6.07) is 6.27. The zero-order chi connectivity index (χ0) is 18.5. The molecule has 0 N–H and O–H groups in total. The van der Waals surface area contributed by atoms with Crippen molar-refractivity contribution in [2.45, 2.75) is 18.6 Å². The lowest BCUT2D eigenvalue weighted by Crippen LogP contribution is -2.62. The Morgan fingerprint density at radius 3 is 2.50 bits per heavy atom. The molecular formula is C19H21F2N3O2. The summed E-state index contributed by atoms with van der Waals surface area (Å²) in [6.07, 6.45) is 2.02. The number of rotatable bonds is 3. The number of carbonyl (C=O) groups is 1. The van der Waals surface area contributed by atoms with Crippen molar-refractivity contribution in [3.63, 3.8) is 0 Å². The molecule has 2 aliphatic rings. The highest BCUT2D eigenvalue weighted by molar-refractivity contribution is 5.93. The first kappa shape index (κ1) is 17.2. The lowest BCUT2D eigenvalue weighted by Gasteiger charge is -2.52. The molecule has 7 heteroatoms. The predicted octanol–water partition coefficient (Wildman–Crippen LogP) is 2.21. The summed E-state index contributed by atoms with van der Waals surface area (Å²) >= 11 is 0. The van der Waals surface area contributed by atoms with Crippen LogP contribution in [0.2, 0.25) is 0 Å². The molecule has 1 aromatic carbocycles. The molecule has 2 aromatic rings. The Balaban J connectivity index is 1.65. The van der Waals surface area contributed by atoms with Crippen LogP contribution in [0.15, 0.2) is 30.5 Å². The fourth-order valence-corrected chi connectivity index (χ4v) is 3.82. The van der Waals surface area contributed by atoms with Crippen LogP contribution in [-0.2, 0) is 23.4 Å². The molecular weight excluding hydrogens is 340 g/mol. The van der Waals surface area contributed by atoms with Crippen LogP contribution in [0.5, 0.6) is 0 Å². The minimum Gasteiger partial charge on any atom is -0.377 e. The van der Waals surface area contributed by atoms with Crippen LogP contribution in [0.3, 0.4) is 0 Å². The highest BCUT2D eigenvalue weighted by Crippen LogP contribution is 2.40. The van der Waals surface area contributed by atoms with Gasteiger partial charge in [-0.05, 0) is 24.3 Å². The van der Waals surface area contributed by atoms with Crippen molar-refractivity contribution in [2.24, 2.45) is 0 Å². The second-order valence-corrected chi connectivity index (χ2v) is 7.15. The van der Waals surface area contributed by atoms with Crippen LogP contribution in [0.1, 0.15) is 21.6 Å². The van der Waals surface area contributed by atoms with Crippen LogP contribution in [-0.4, -0.2) is 54.1 Å². The molecule has 2 aliphatic heterocycles. The average Bonchev–Trinajstić information content (AvgIpc) is 3.04. The predicted molar refractivity (Wildman–Crippen MR) is 91.7 cm³/mol. The molecule has 0 atom stereocenters. The van der Waals surface area contributed by atoms with E-state index in [1.54, 1.807) is 14.1 Å². The zero-order valence-electron chi connectivity index (χ0n) is 14.8. The Hall–Kier alpha value is -2.25. The van der Waals surface area contributed by atoms with Gasteiger partial charge < -0.3 is 14.2 Å². The SMILES string of the molecule is CN(C)C(=O)c1cc(F)c(CN2CCn3cccc3C23COC3)c(F)c1. The Morgan fingerprint density at radius 2 is 1.92 bits per heavy atom. The maximum atomic E-state index is 14.6. The van der Waals surface area contributed by atoms with E-state index in [-0.39, 0.29) is 23.2 Å². The zero-order valence-corrected chi connectivity index (χ0v) is 14.8. The van der Waals surface area contributed by atoms with Gasteiger partial charge in [0.15, 0.2) is 0 Å². The van der Waals surface area contributed by atoms with Gasteiger partial charge in [0.1, 0.15) is 17.2 Å². The van der Waals surface area contributed by atoms with E-state index in [9.17, 15) is 13.6 Å². The van der Waals surface area contributed by atoms with E-state index in [2.05, 4.69) is 9.47 Å². The Morgan fingerprint density at radius 1 is 1.23 bits per heavy atom. The van der Waals surface area contributed by atoms with Gasteiger partial charge in [-0.3, -0.25) is 9.69 Å². The molecule has 0 aliphatic carbocycles. The van der Waals surface area contributed by atoms with Gasteiger partial charge >= 0.3 is 0 Å². The van der Waals surface area contributed by atoms with Gasteiger partial charge in [-0.25, -0.2) is 8.78 Å². The first-order chi connectivity index (χ1) is 12.4. The van der Waals surface area contributed by atoms with Crippen molar-refractivity contribution in [2.75, 3.05) is 33.9 Å². The van der Waals surface area contributed by atoms with E-state index in [0.717, 1.165) is 24.4 Å². The van der Waals surface area contributed by atoms with E-state index in [1.807, 2.05) is 18.3 Å². The lowest BCUT2D eigenvalue weighted by atomic mass is 9.88. The second-order valence-electron chi connectivity index (χ2n) is 7.15. The van der Waals surface area contributed by atoms with Crippen LogP contribution in [0, 0.1) is 11.6 Å². The van der Waals surface area contributed by atoms with Crippen molar-refractivity contribution in [1.29, 1.82) is 0 Å². The number of ether oxygens (including phenoxy) is 1. The van der Waals surface area contributed by atoms with E-state index < -0.39 is 17.5 Å². The molecule has 0 unspecified atom stereocenters. The number of amides is 1. The van der Waals surface area contributed by atoms with Crippen molar-refractivity contribution in [3.8, 4) is 0 Å². The number of benzene rings is 1. The summed E-state index contributed by atoms with van der Waals surface area (Å²) in [4.78, 5) is 15.4. The lowest BCUT2D eigenvalue weighted by molar-refractivity contribution is -0.163. The fourth-order valence-electron chi connectivity index (χ4n) is 3.82. The molecule has 1 saturated heterocycles. The third kappa shape index (κ3) is 2.54. The maximum Gasteiger partial charge on any atom is 0.253 e.